The molecule has 0 radical (unpaired) electrons. The fraction of sp³-hybridized carbons (Fsp3) is 0.250. The first-order valence-electron chi connectivity index (χ1n) is 5.06. The van der Waals surface area contributed by atoms with E-state index in [1.54, 1.807) is 0 Å². The summed E-state index contributed by atoms with van der Waals surface area (Å²) in [7, 11) is 0. The number of pyridine rings is 1. The van der Waals surface area contributed by atoms with E-state index in [4.69, 9.17) is 10.5 Å². The van der Waals surface area contributed by atoms with Gasteiger partial charge < -0.3 is 10.5 Å². The summed E-state index contributed by atoms with van der Waals surface area (Å²) in [4.78, 5) is 4.40. The highest BCUT2D eigenvalue weighted by molar-refractivity contribution is 5.86. The lowest BCUT2D eigenvalue weighted by Gasteiger charge is -2.08. The Bertz CT molecular complexity index is 536. The third kappa shape index (κ3) is 1.13. The van der Waals surface area contributed by atoms with Gasteiger partial charge in [-0.05, 0) is 18.6 Å². The van der Waals surface area contributed by atoms with Crippen molar-refractivity contribution in [3.05, 3.63) is 35.4 Å². The Hall–Kier alpha value is -1.61. The van der Waals surface area contributed by atoms with Crippen LogP contribution in [0.15, 0.2) is 24.3 Å². The van der Waals surface area contributed by atoms with Crippen LogP contribution in [-0.2, 0) is 11.3 Å². The molecule has 76 valence electrons. The first-order chi connectivity index (χ1) is 7.27. The zero-order valence-electron chi connectivity index (χ0n) is 8.53. The number of nitrogen functional groups attached to an aromatic ring is 1. The minimum Gasteiger partial charge on any atom is -0.383 e. The molecule has 1 aliphatic heterocycles. The van der Waals surface area contributed by atoms with Gasteiger partial charge in [-0.1, -0.05) is 18.2 Å². The lowest BCUT2D eigenvalue weighted by molar-refractivity contribution is 0.0801. The fourth-order valence-corrected chi connectivity index (χ4v) is 2.22. The number of rotatable bonds is 0. The Balaban J connectivity index is 2.43. The monoisotopic (exact) mass is 200 g/mol. The normalized spacial score (nSPS) is 19.4. The molecular weight excluding hydrogens is 188 g/mol. The van der Waals surface area contributed by atoms with Crippen LogP contribution in [0.4, 0.5) is 5.82 Å². The summed E-state index contributed by atoms with van der Waals surface area (Å²) < 4.78 is 5.59. The van der Waals surface area contributed by atoms with Gasteiger partial charge in [0.2, 0.25) is 0 Å². The molecule has 2 aromatic rings. The molecule has 2 N–H and O–H groups in total. The molecule has 1 aliphatic rings. The Morgan fingerprint density at radius 1 is 1.40 bits per heavy atom. The van der Waals surface area contributed by atoms with Crippen LogP contribution in [0.3, 0.4) is 0 Å². The van der Waals surface area contributed by atoms with Crippen molar-refractivity contribution in [2.45, 2.75) is 19.6 Å². The average Bonchev–Trinajstić information content (AvgIpc) is 2.62. The topological polar surface area (TPSA) is 48.1 Å². The van der Waals surface area contributed by atoms with E-state index in [9.17, 15) is 0 Å². The van der Waals surface area contributed by atoms with Crippen LogP contribution in [0.1, 0.15) is 24.2 Å². The average molecular weight is 200 g/mol. The van der Waals surface area contributed by atoms with Gasteiger partial charge in [0, 0.05) is 10.9 Å². The van der Waals surface area contributed by atoms with Crippen molar-refractivity contribution in [1.82, 2.24) is 4.98 Å². The summed E-state index contributed by atoms with van der Waals surface area (Å²) in [5.74, 6) is 0.605. The molecule has 0 unspecified atom stereocenters. The van der Waals surface area contributed by atoms with Crippen molar-refractivity contribution in [1.29, 1.82) is 0 Å². The Kier molecular flexibility index (Phi) is 1.70. The van der Waals surface area contributed by atoms with Gasteiger partial charge in [0.15, 0.2) is 0 Å². The van der Waals surface area contributed by atoms with Gasteiger partial charge in [0.25, 0.3) is 0 Å². The first-order valence-corrected chi connectivity index (χ1v) is 5.06. The second-order valence-corrected chi connectivity index (χ2v) is 3.86. The number of ether oxygens (including phenoxy) is 1. The van der Waals surface area contributed by atoms with Gasteiger partial charge in [-0.2, -0.15) is 0 Å². The van der Waals surface area contributed by atoms with Crippen LogP contribution >= 0.6 is 0 Å². The predicted octanol–water partition coefficient (Wildman–Crippen LogP) is 2.41. The fourth-order valence-electron chi connectivity index (χ4n) is 2.22. The standard InChI is InChI=1S/C12H12N2O/c1-7-11-9(6-15-7)8-4-2-3-5-10(8)14-12(11)13/h2-5,7H,6H2,1H3,(H2,13,14)/t7-/m0/s1. The summed E-state index contributed by atoms with van der Waals surface area (Å²) in [5.41, 5.74) is 9.15. The van der Waals surface area contributed by atoms with E-state index >= 15 is 0 Å². The smallest absolute Gasteiger partial charge is 0.130 e. The maximum atomic E-state index is 5.94. The minimum absolute atomic E-state index is 0.0668. The Morgan fingerprint density at radius 2 is 2.20 bits per heavy atom. The van der Waals surface area contributed by atoms with Gasteiger partial charge >= 0.3 is 0 Å². The highest BCUT2D eigenvalue weighted by atomic mass is 16.5. The lowest BCUT2D eigenvalue weighted by atomic mass is 10.0. The van der Waals surface area contributed by atoms with E-state index in [0.29, 0.717) is 12.4 Å². The molecule has 1 aromatic heterocycles. The highest BCUT2D eigenvalue weighted by Crippen LogP contribution is 2.37. The summed E-state index contributed by atoms with van der Waals surface area (Å²) in [6.07, 6.45) is 0.0668. The number of hydrogen-bond acceptors (Lipinski definition) is 3. The summed E-state index contributed by atoms with van der Waals surface area (Å²) in [6.45, 7) is 2.66. The molecular formula is C12H12N2O. The summed E-state index contributed by atoms with van der Waals surface area (Å²) in [6, 6.07) is 8.04. The number of nitrogens with zero attached hydrogens (tertiary/aromatic N) is 1. The van der Waals surface area contributed by atoms with Crippen molar-refractivity contribution >= 4 is 16.7 Å². The number of benzene rings is 1. The largest absolute Gasteiger partial charge is 0.383 e. The number of para-hydroxylation sites is 1. The number of fused-ring (bicyclic) bond motifs is 3. The maximum absolute atomic E-state index is 5.94. The molecule has 0 saturated carbocycles. The van der Waals surface area contributed by atoms with Crippen LogP contribution in [0.5, 0.6) is 0 Å². The van der Waals surface area contributed by atoms with Crippen LogP contribution in [0.25, 0.3) is 10.9 Å². The van der Waals surface area contributed by atoms with Crippen LogP contribution in [0, 0.1) is 0 Å². The van der Waals surface area contributed by atoms with Crippen molar-refractivity contribution in [2.24, 2.45) is 0 Å². The van der Waals surface area contributed by atoms with Gasteiger partial charge in [0.1, 0.15) is 5.82 Å². The van der Waals surface area contributed by atoms with Gasteiger partial charge in [-0.25, -0.2) is 4.98 Å². The van der Waals surface area contributed by atoms with E-state index in [2.05, 4.69) is 11.1 Å². The second kappa shape index (κ2) is 2.94. The van der Waals surface area contributed by atoms with Crippen LogP contribution < -0.4 is 5.73 Å². The van der Waals surface area contributed by atoms with Crippen LogP contribution in [0.2, 0.25) is 0 Å². The molecule has 0 amide bonds. The highest BCUT2D eigenvalue weighted by Gasteiger charge is 2.24. The SMILES string of the molecule is C[C@@H]1OCc2c1c(N)nc1ccccc21. The van der Waals surface area contributed by atoms with E-state index in [1.165, 1.54) is 5.56 Å². The van der Waals surface area contributed by atoms with Gasteiger partial charge in [-0.15, -0.1) is 0 Å². The van der Waals surface area contributed by atoms with Crippen molar-refractivity contribution in [2.75, 3.05) is 5.73 Å². The molecule has 3 heteroatoms. The van der Waals surface area contributed by atoms with E-state index in [1.807, 2.05) is 25.1 Å². The quantitative estimate of drug-likeness (QED) is 0.710. The number of anilines is 1. The summed E-state index contributed by atoms with van der Waals surface area (Å²) >= 11 is 0. The van der Waals surface area contributed by atoms with Crippen molar-refractivity contribution < 1.29 is 4.74 Å². The molecule has 0 fully saturated rings. The molecule has 3 nitrogen and oxygen atoms in total. The minimum atomic E-state index is 0.0668. The summed E-state index contributed by atoms with van der Waals surface area (Å²) in [5, 5.41) is 1.16. The molecule has 1 atom stereocenters. The molecule has 1 aromatic carbocycles. The first kappa shape index (κ1) is 8.68. The Labute approximate surface area is 87.9 Å². The lowest BCUT2D eigenvalue weighted by Crippen LogP contribution is -2.00. The maximum Gasteiger partial charge on any atom is 0.130 e. The molecule has 15 heavy (non-hydrogen) atoms. The van der Waals surface area contributed by atoms with Gasteiger partial charge in [-0.3, -0.25) is 0 Å². The number of aromatic nitrogens is 1. The van der Waals surface area contributed by atoms with Gasteiger partial charge in [0.05, 0.1) is 18.2 Å². The number of nitrogens with two attached hydrogens (primary N) is 1. The van der Waals surface area contributed by atoms with Crippen LogP contribution in [-0.4, -0.2) is 4.98 Å². The molecule has 2 heterocycles. The van der Waals surface area contributed by atoms with Crippen molar-refractivity contribution in [3.63, 3.8) is 0 Å². The molecule has 3 rings (SSSR count). The van der Waals surface area contributed by atoms with E-state index < -0.39 is 0 Å². The molecule has 0 aliphatic carbocycles. The Morgan fingerprint density at radius 3 is 3.07 bits per heavy atom. The number of hydrogen-bond donors (Lipinski definition) is 1. The zero-order chi connectivity index (χ0) is 10.4. The van der Waals surface area contributed by atoms with E-state index in [-0.39, 0.29) is 6.10 Å². The second-order valence-electron chi connectivity index (χ2n) is 3.86. The molecule has 0 spiro atoms. The van der Waals surface area contributed by atoms with Crippen molar-refractivity contribution in [3.8, 4) is 0 Å². The molecule has 0 saturated heterocycles. The third-order valence-corrected chi connectivity index (χ3v) is 2.96. The van der Waals surface area contributed by atoms with E-state index in [0.717, 1.165) is 16.5 Å². The zero-order valence-corrected chi connectivity index (χ0v) is 8.53. The predicted molar refractivity (Wildman–Crippen MR) is 59.4 cm³/mol. The molecule has 0 bridgehead atoms. The third-order valence-electron chi connectivity index (χ3n) is 2.96.